The van der Waals surface area contributed by atoms with Gasteiger partial charge in [-0.05, 0) is 19.1 Å². The molecule has 0 spiro atoms. The summed E-state index contributed by atoms with van der Waals surface area (Å²) in [5.74, 6) is 0.680. The van der Waals surface area contributed by atoms with Crippen molar-refractivity contribution in [2.75, 3.05) is 24.3 Å². The Labute approximate surface area is 145 Å². The average Bonchev–Trinajstić information content (AvgIpc) is 2.98. The molecule has 3 aromatic rings. The minimum absolute atomic E-state index is 0.161. The molecule has 0 bridgehead atoms. The number of thiazole rings is 1. The van der Waals surface area contributed by atoms with Crippen LogP contribution < -0.4 is 10.2 Å². The van der Waals surface area contributed by atoms with Gasteiger partial charge in [0.1, 0.15) is 15.7 Å². The largest absolute Gasteiger partial charge is 0.363 e. The number of carbonyl (C=O) groups excluding carboxylic acids is 1. The molecular formula is C18H18N4OS. The normalized spacial score (nSPS) is 10.5. The molecule has 0 atom stereocenters. The SMILES string of the molecule is Cc1nc(-c2ccccc2)sc1C(=O)Nc1ccc(N(C)C)nc1. The van der Waals surface area contributed by atoms with E-state index in [0.717, 1.165) is 22.1 Å². The number of anilines is 2. The summed E-state index contributed by atoms with van der Waals surface area (Å²) in [6.45, 7) is 1.85. The number of hydrogen-bond acceptors (Lipinski definition) is 5. The lowest BCUT2D eigenvalue weighted by Gasteiger charge is -2.11. The van der Waals surface area contributed by atoms with Crippen LogP contribution in [0.5, 0.6) is 0 Å². The van der Waals surface area contributed by atoms with Crippen molar-refractivity contribution in [3.63, 3.8) is 0 Å². The molecule has 5 nitrogen and oxygen atoms in total. The fraction of sp³-hybridized carbons (Fsp3) is 0.167. The Morgan fingerprint density at radius 2 is 1.88 bits per heavy atom. The van der Waals surface area contributed by atoms with E-state index in [1.54, 1.807) is 6.20 Å². The molecule has 1 aromatic carbocycles. The van der Waals surface area contributed by atoms with Crippen LogP contribution in [0.25, 0.3) is 10.6 Å². The summed E-state index contributed by atoms with van der Waals surface area (Å²) in [4.78, 5) is 23.9. The molecule has 2 aromatic heterocycles. The van der Waals surface area contributed by atoms with Crippen LogP contribution in [-0.2, 0) is 0 Å². The van der Waals surface area contributed by atoms with Gasteiger partial charge in [-0.25, -0.2) is 9.97 Å². The van der Waals surface area contributed by atoms with Gasteiger partial charge in [-0.1, -0.05) is 30.3 Å². The second-order valence-electron chi connectivity index (χ2n) is 5.55. The van der Waals surface area contributed by atoms with Crippen molar-refractivity contribution in [2.24, 2.45) is 0 Å². The first kappa shape index (κ1) is 16.1. The Bertz CT molecular complexity index is 841. The Kier molecular flexibility index (Phi) is 4.57. The molecule has 0 radical (unpaired) electrons. The number of hydrogen-bond donors (Lipinski definition) is 1. The number of aromatic nitrogens is 2. The minimum Gasteiger partial charge on any atom is -0.363 e. The highest BCUT2D eigenvalue weighted by molar-refractivity contribution is 7.17. The maximum atomic E-state index is 12.5. The third kappa shape index (κ3) is 3.44. The van der Waals surface area contributed by atoms with E-state index < -0.39 is 0 Å². The fourth-order valence-corrected chi connectivity index (χ4v) is 3.19. The molecule has 3 rings (SSSR count). The molecule has 0 aliphatic carbocycles. The second kappa shape index (κ2) is 6.80. The van der Waals surface area contributed by atoms with Crippen molar-refractivity contribution >= 4 is 28.7 Å². The lowest BCUT2D eigenvalue weighted by Crippen LogP contribution is -2.13. The Balaban J connectivity index is 1.79. The van der Waals surface area contributed by atoms with E-state index in [1.165, 1.54) is 11.3 Å². The van der Waals surface area contributed by atoms with Crippen LogP contribution >= 0.6 is 11.3 Å². The van der Waals surface area contributed by atoms with Gasteiger partial charge in [0.2, 0.25) is 0 Å². The zero-order chi connectivity index (χ0) is 17.1. The third-order valence-corrected chi connectivity index (χ3v) is 4.69. The smallest absolute Gasteiger partial charge is 0.267 e. The van der Waals surface area contributed by atoms with Crippen LogP contribution in [0.1, 0.15) is 15.4 Å². The summed E-state index contributed by atoms with van der Waals surface area (Å²) in [5, 5.41) is 3.73. The van der Waals surface area contributed by atoms with Gasteiger partial charge in [-0.15, -0.1) is 11.3 Å². The number of rotatable bonds is 4. The van der Waals surface area contributed by atoms with E-state index in [-0.39, 0.29) is 5.91 Å². The van der Waals surface area contributed by atoms with Gasteiger partial charge in [0.25, 0.3) is 5.91 Å². The molecule has 0 aliphatic rings. The van der Waals surface area contributed by atoms with Gasteiger partial charge in [-0.2, -0.15) is 0 Å². The molecule has 0 saturated heterocycles. The Morgan fingerprint density at radius 3 is 2.50 bits per heavy atom. The first-order valence-electron chi connectivity index (χ1n) is 7.52. The minimum atomic E-state index is -0.161. The predicted octanol–water partition coefficient (Wildman–Crippen LogP) is 3.83. The molecule has 1 N–H and O–H groups in total. The monoisotopic (exact) mass is 338 g/mol. The number of aryl methyl sites for hydroxylation is 1. The van der Waals surface area contributed by atoms with Crippen molar-refractivity contribution in [2.45, 2.75) is 6.92 Å². The summed E-state index contributed by atoms with van der Waals surface area (Å²) >= 11 is 1.40. The second-order valence-corrected chi connectivity index (χ2v) is 6.55. The van der Waals surface area contributed by atoms with Crippen LogP contribution in [0.2, 0.25) is 0 Å². The van der Waals surface area contributed by atoms with Gasteiger partial charge >= 0.3 is 0 Å². The molecular weight excluding hydrogens is 320 g/mol. The number of nitrogens with one attached hydrogen (secondary N) is 1. The van der Waals surface area contributed by atoms with Crippen molar-refractivity contribution in [3.05, 3.63) is 59.2 Å². The van der Waals surface area contributed by atoms with E-state index in [9.17, 15) is 4.79 Å². The number of nitrogens with zero attached hydrogens (tertiary/aromatic N) is 3. The third-order valence-electron chi connectivity index (χ3n) is 3.49. The quantitative estimate of drug-likeness (QED) is 0.785. The molecule has 0 fully saturated rings. The molecule has 24 heavy (non-hydrogen) atoms. The van der Waals surface area contributed by atoms with Crippen molar-refractivity contribution in [3.8, 4) is 10.6 Å². The van der Waals surface area contributed by atoms with Crippen LogP contribution in [0.4, 0.5) is 11.5 Å². The van der Waals surface area contributed by atoms with E-state index in [0.29, 0.717) is 10.6 Å². The van der Waals surface area contributed by atoms with E-state index in [1.807, 2.05) is 68.4 Å². The van der Waals surface area contributed by atoms with Gasteiger partial charge in [0.05, 0.1) is 17.6 Å². The van der Waals surface area contributed by atoms with Gasteiger partial charge in [0.15, 0.2) is 0 Å². The Morgan fingerprint density at radius 1 is 1.12 bits per heavy atom. The highest BCUT2D eigenvalue weighted by Crippen LogP contribution is 2.28. The lowest BCUT2D eigenvalue weighted by atomic mass is 10.2. The standard InChI is InChI=1S/C18H18N4OS/c1-12-16(24-18(20-12)13-7-5-4-6-8-13)17(23)21-14-9-10-15(19-11-14)22(2)3/h4-11H,1-3H3,(H,21,23). The predicted molar refractivity (Wildman–Crippen MR) is 98.8 cm³/mol. The summed E-state index contributed by atoms with van der Waals surface area (Å²) < 4.78 is 0. The molecule has 0 unspecified atom stereocenters. The van der Waals surface area contributed by atoms with Crippen molar-refractivity contribution in [1.82, 2.24) is 9.97 Å². The molecule has 1 amide bonds. The zero-order valence-corrected chi connectivity index (χ0v) is 14.6. The lowest BCUT2D eigenvalue weighted by molar-refractivity contribution is 0.103. The summed E-state index contributed by atoms with van der Waals surface area (Å²) in [7, 11) is 3.85. The first-order chi connectivity index (χ1) is 11.5. The Hall–Kier alpha value is -2.73. The van der Waals surface area contributed by atoms with Crippen LogP contribution in [0.15, 0.2) is 48.7 Å². The molecule has 122 valence electrons. The fourth-order valence-electron chi connectivity index (χ4n) is 2.22. The van der Waals surface area contributed by atoms with Crippen LogP contribution in [0, 0.1) is 6.92 Å². The molecule has 0 aliphatic heterocycles. The topological polar surface area (TPSA) is 58.1 Å². The van der Waals surface area contributed by atoms with Gasteiger partial charge in [0, 0.05) is 19.7 Å². The average molecular weight is 338 g/mol. The van der Waals surface area contributed by atoms with E-state index in [4.69, 9.17) is 0 Å². The van der Waals surface area contributed by atoms with Crippen LogP contribution in [0.3, 0.4) is 0 Å². The molecule has 2 heterocycles. The van der Waals surface area contributed by atoms with Gasteiger partial charge in [-0.3, -0.25) is 4.79 Å². The first-order valence-corrected chi connectivity index (χ1v) is 8.34. The maximum absolute atomic E-state index is 12.5. The van der Waals surface area contributed by atoms with Crippen LogP contribution in [-0.4, -0.2) is 30.0 Å². The highest BCUT2D eigenvalue weighted by Gasteiger charge is 2.16. The summed E-state index contributed by atoms with van der Waals surface area (Å²) in [6, 6.07) is 13.6. The number of benzene rings is 1. The van der Waals surface area contributed by atoms with E-state index in [2.05, 4.69) is 15.3 Å². The number of pyridine rings is 1. The molecule has 0 saturated carbocycles. The molecule has 6 heteroatoms. The summed E-state index contributed by atoms with van der Waals surface area (Å²) in [6.07, 6.45) is 1.65. The van der Waals surface area contributed by atoms with Gasteiger partial charge < -0.3 is 10.2 Å². The highest BCUT2D eigenvalue weighted by atomic mass is 32.1. The van der Waals surface area contributed by atoms with Crippen molar-refractivity contribution in [1.29, 1.82) is 0 Å². The maximum Gasteiger partial charge on any atom is 0.267 e. The van der Waals surface area contributed by atoms with E-state index >= 15 is 0 Å². The zero-order valence-electron chi connectivity index (χ0n) is 13.8. The number of amides is 1. The number of carbonyl (C=O) groups is 1. The summed E-state index contributed by atoms with van der Waals surface area (Å²) in [5.41, 5.74) is 2.41. The van der Waals surface area contributed by atoms with Crippen molar-refractivity contribution < 1.29 is 4.79 Å².